The van der Waals surface area contributed by atoms with Gasteiger partial charge in [0, 0.05) is 17.1 Å². The first kappa shape index (κ1) is 21.7. The summed E-state index contributed by atoms with van der Waals surface area (Å²) in [5.41, 5.74) is 0.420. The second-order valence-corrected chi connectivity index (χ2v) is 7.79. The molecule has 4 rings (SSSR count). The zero-order valence-electron chi connectivity index (χ0n) is 16.7. The van der Waals surface area contributed by atoms with Gasteiger partial charge in [-0.15, -0.1) is 0 Å². The molecule has 0 saturated carbocycles. The summed E-state index contributed by atoms with van der Waals surface area (Å²) in [4.78, 5) is 44.9. The molecule has 164 valence electrons. The monoisotopic (exact) mass is 473 g/mol. The maximum Gasteiger partial charge on any atom is 0.258 e. The first-order valence-electron chi connectivity index (χ1n) is 9.45. The standard InChI is InChI=1S/C21H17Cl2N5O4/c1-32-12-5-3-11(4-6-12)24-21-27-18-17(20(31)28-21)13(9-16(29)26-18)19(30)25-15-8-10(22)2-7-14(15)23/h2-8,13H,9H2,1H3,(H,25,30)(H3,24,26,27,28,29,31)/t13-/m1/s1. The highest BCUT2D eigenvalue weighted by Crippen LogP contribution is 2.32. The number of aromatic nitrogens is 2. The molecule has 0 spiro atoms. The number of benzene rings is 2. The van der Waals surface area contributed by atoms with Crippen LogP contribution in [-0.2, 0) is 9.59 Å². The average molecular weight is 474 g/mol. The fourth-order valence-electron chi connectivity index (χ4n) is 3.28. The summed E-state index contributed by atoms with van der Waals surface area (Å²) < 4.78 is 5.11. The highest BCUT2D eigenvalue weighted by Gasteiger charge is 2.35. The Kier molecular flexibility index (Phi) is 6.02. The first-order valence-corrected chi connectivity index (χ1v) is 10.2. The minimum absolute atomic E-state index is 0.0124. The molecule has 32 heavy (non-hydrogen) atoms. The van der Waals surface area contributed by atoms with Gasteiger partial charge in [0.25, 0.3) is 5.56 Å². The molecule has 1 aliphatic rings. The van der Waals surface area contributed by atoms with Crippen LogP contribution in [0.5, 0.6) is 5.75 Å². The predicted octanol–water partition coefficient (Wildman–Crippen LogP) is 3.89. The van der Waals surface area contributed by atoms with E-state index in [-0.39, 0.29) is 34.5 Å². The van der Waals surface area contributed by atoms with Crippen LogP contribution < -0.4 is 26.2 Å². The maximum absolute atomic E-state index is 12.9. The molecule has 0 saturated heterocycles. The van der Waals surface area contributed by atoms with Crippen molar-refractivity contribution in [3.63, 3.8) is 0 Å². The number of carbonyl (C=O) groups excluding carboxylic acids is 2. The summed E-state index contributed by atoms with van der Waals surface area (Å²) in [7, 11) is 1.56. The topological polar surface area (TPSA) is 125 Å². The molecule has 0 radical (unpaired) electrons. The van der Waals surface area contributed by atoms with E-state index in [1.54, 1.807) is 37.4 Å². The molecule has 3 aromatic rings. The minimum Gasteiger partial charge on any atom is -0.497 e. The van der Waals surface area contributed by atoms with E-state index in [4.69, 9.17) is 27.9 Å². The van der Waals surface area contributed by atoms with E-state index in [1.165, 1.54) is 12.1 Å². The lowest BCUT2D eigenvalue weighted by Crippen LogP contribution is -2.36. The summed E-state index contributed by atoms with van der Waals surface area (Å²) in [5.74, 6) is -1.28. The Bertz CT molecular complexity index is 1260. The summed E-state index contributed by atoms with van der Waals surface area (Å²) in [6.45, 7) is 0. The number of H-pyrrole nitrogens is 1. The van der Waals surface area contributed by atoms with Gasteiger partial charge in [0.15, 0.2) is 0 Å². The number of amides is 2. The van der Waals surface area contributed by atoms with Gasteiger partial charge >= 0.3 is 0 Å². The second kappa shape index (κ2) is 8.89. The molecule has 9 nitrogen and oxygen atoms in total. The number of nitrogens with one attached hydrogen (secondary N) is 4. The molecule has 0 bridgehead atoms. The molecular weight excluding hydrogens is 457 g/mol. The van der Waals surface area contributed by atoms with Gasteiger partial charge in [-0.3, -0.25) is 19.4 Å². The maximum atomic E-state index is 12.9. The number of anilines is 4. The number of carbonyl (C=O) groups is 2. The average Bonchev–Trinajstić information content (AvgIpc) is 2.76. The SMILES string of the molecule is COc1ccc(Nc2nc3c(c(=O)[nH]2)[C@H](C(=O)Nc2cc(Cl)ccc2Cl)CC(=O)N3)cc1. The Morgan fingerprint density at radius 2 is 1.91 bits per heavy atom. The minimum atomic E-state index is -1.06. The fraction of sp³-hybridized carbons (Fsp3) is 0.143. The largest absolute Gasteiger partial charge is 0.497 e. The van der Waals surface area contributed by atoms with Crippen LogP contribution in [0.15, 0.2) is 47.3 Å². The van der Waals surface area contributed by atoms with Crippen molar-refractivity contribution < 1.29 is 14.3 Å². The molecule has 4 N–H and O–H groups in total. The number of methoxy groups -OCH3 is 1. The third-order valence-corrected chi connectivity index (χ3v) is 5.37. The number of halogens is 2. The van der Waals surface area contributed by atoms with Crippen LogP contribution in [0, 0.1) is 0 Å². The van der Waals surface area contributed by atoms with Crippen molar-refractivity contribution >= 4 is 58.2 Å². The van der Waals surface area contributed by atoms with Crippen molar-refractivity contribution in [1.29, 1.82) is 0 Å². The van der Waals surface area contributed by atoms with Gasteiger partial charge in [-0.2, -0.15) is 4.98 Å². The molecule has 2 heterocycles. The first-order chi connectivity index (χ1) is 15.3. The Morgan fingerprint density at radius 3 is 2.62 bits per heavy atom. The van der Waals surface area contributed by atoms with E-state index in [0.29, 0.717) is 16.5 Å². The van der Waals surface area contributed by atoms with Gasteiger partial charge < -0.3 is 20.7 Å². The third-order valence-electron chi connectivity index (χ3n) is 4.81. The Hall–Kier alpha value is -3.56. The molecule has 0 fully saturated rings. The van der Waals surface area contributed by atoms with Crippen LogP contribution in [-0.4, -0.2) is 28.9 Å². The summed E-state index contributed by atoms with van der Waals surface area (Å²) >= 11 is 12.1. The van der Waals surface area contributed by atoms with Gasteiger partial charge in [-0.25, -0.2) is 0 Å². The highest BCUT2D eigenvalue weighted by atomic mass is 35.5. The zero-order chi connectivity index (χ0) is 22.8. The number of aromatic amines is 1. The number of rotatable bonds is 5. The van der Waals surface area contributed by atoms with E-state index < -0.39 is 23.3 Å². The van der Waals surface area contributed by atoms with Gasteiger partial charge in [0.2, 0.25) is 17.8 Å². The second-order valence-electron chi connectivity index (χ2n) is 6.95. The van der Waals surface area contributed by atoms with Gasteiger partial charge in [-0.1, -0.05) is 23.2 Å². The van der Waals surface area contributed by atoms with Crippen molar-refractivity contribution in [3.05, 3.63) is 68.4 Å². The molecule has 1 aromatic heterocycles. The summed E-state index contributed by atoms with van der Waals surface area (Å²) in [5, 5.41) is 8.79. The van der Waals surface area contributed by atoms with E-state index in [0.717, 1.165) is 0 Å². The van der Waals surface area contributed by atoms with Crippen molar-refractivity contribution in [2.75, 3.05) is 23.1 Å². The molecule has 0 unspecified atom stereocenters. The number of hydrogen-bond acceptors (Lipinski definition) is 6. The van der Waals surface area contributed by atoms with Crippen LogP contribution in [0.2, 0.25) is 10.0 Å². The number of fused-ring (bicyclic) bond motifs is 1. The van der Waals surface area contributed by atoms with E-state index >= 15 is 0 Å². The lowest BCUT2D eigenvalue weighted by molar-refractivity contribution is -0.123. The lowest BCUT2D eigenvalue weighted by atomic mass is 9.92. The van der Waals surface area contributed by atoms with Crippen LogP contribution in [0.1, 0.15) is 17.9 Å². The Morgan fingerprint density at radius 1 is 1.16 bits per heavy atom. The Labute approximate surface area is 192 Å². The Balaban J connectivity index is 1.63. The van der Waals surface area contributed by atoms with Crippen LogP contribution in [0.25, 0.3) is 0 Å². The van der Waals surface area contributed by atoms with E-state index in [1.807, 2.05) is 0 Å². The third kappa shape index (κ3) is 4.53. The zero-order valence-corrected chi connectivity index (χ0v) is 18.2. The molecule has 0 aliphatic carbocycles. The van der Waals surface area contributed by atoms with Gasteiger partial charge in [-0.05, 0) is 42.5 Å². The molecule has 2 aromatic carbocycles. The van der Waals surface area contributed by atoms with Gasteiger partial charge in [0.1, 0.15) is 11.6 Å². The van der Waals surface area contributed by atoms with Crippen LogP contribution in [0.4, 0.5) is 23.1 Å². The highest BCUT2D eigenvalue weighted by molar-refractivity contribution is 6.35. The van der Waals surface area contributed by atoms with E-state index in [2.05, 4.69) is 25.9 Å². The van der Waals surface area contributed by atoms with Crippen LogP contribution >= 0.6 is 23.2 Å². The summed E-state index contributed by atoms with van der Waals surface area (Å²) in [6, 6.07) is 11.5. The fourth-order valence-corrected chi connectivity index (χ4v) is 3.62. The van der Waals surface area contributed by atoms with Crippen molar-refractivity contribution in [2.24, 2.45) is 0 Å². The quantitative estimate of drug-likeness (QED) is 0.445. The normalized spacial score (nSPS) is 14.8. The van der Waals surface area contributed by atoms with Crippen molar-refractivity contribution in [3.8, 4) is 5.75 Å². The van der Waals surface area contributed by atoms with Gasteiger partial charge in [0.05, 0.1) is 29.3 Å². The number of ether oxygens (including phenoxy) is 1. The van der Waals surface area contributed by atoms with Crippen LogP contribution in [0.3, 0.4) is 0 Å². The van der Waals surface area contributed by atoms with Crippen molar-refractivity contribution in [1.82, 2.24) is 9.97 Å². The molecule has 1 atom stereocenters. The number of hydrogen-bond donors (Lipinski definition) is 4. The number of nitrogens with zero attached hydrogens (tertiary/aromatic N) is 1. The predicted molar refractivity (Wildman–Crippen MR) is 122 cm³/mol. The van der Waals surface area contributed by atoms with Crippen molar-refractivity contribution in [2.45, 2.75) is 12.3 Å². The molecule has 11 heteroatoms. The molecule has 2 amide bonds. The smallest absolute Gasteiger partial charge is 0.258 e. The molecule has 1 aliphatic heterocycles. The van der Waals surface area contributed by atoms with E-state index in [9.17, 15) is 14.4 Å². The lowest BCUT2D eigenvalue weighted by Gasteiger charge is -2.24. The molecular formula is C21H17Cl2N5O4. The summed E-state index contributed by atoms with van der Waals surface area (Å²) in [6.07, 6.45) is -0.215.